The molecular formula is C24H28N4O2S. The van der Waals surface area contributed by atoms with Crippen molar-refractivity contribution in [2.24, 2.45) is 5.92 Å². The summed E-state index contributed by atoms with van der Waals surface area (Å²) in [4.78, 5) is 16.2. The molecule has 1 unspecified atom stereocenters. The van der Waals surface area contributed by atoms with E-state index in [0.717, 1.165) is 51.0 Å². The van der Waals surface area contributed by atoms with Gasteiger partial charge in [0.15, 0.2) is 0 Å². The molecule has 1 aromatic carbocycles. The summed E-state index contributed by atoms with van der Waals surface area (Å²) >= 11 is 1.73. The van der Waals surface area contributed by atoms with Crippen LogP contribution < -0.4 is 10.1 Å². The van der Waals surface area contributed by atoms with E-state index in [1.54, 1.807) is 11.3 Å². The van der Waals surface area contributed by atoms with Crippen molar-refractivity contribution in [2.45, 2.75) is 38.3 Å². The lowest BCUT2D eigenvalue weighted by molar-refractivity contribution is 0.0940. The van der Waals surface area contributed by atoms with Crippen LogP contribution in [0.4, 0.5) is 0 Å². The minimum Gasteiger partial charge on any atom is -0.492 e. The summed E-state index contributed by atoms with van der Waals surface area (Å²) in [5.41, 5.74) is 3.01. The number of nitrogens with one attached hydrogen (secondary N) is 2. The summed E-state index contributed by atoms with van der Waals surface area (Å²) < 4.78 is 6.16. The van der Waals surface area contributed by atoms with Gasteiger partial charge in [-0.05, 0) is 55.8 Å². The van der Waals surface area contributed by atoms with Gasteiger partial charge >= 0.3 is 0 Å². The van der Waals surface area contributed by atoms with Crippen molar-refractivity contribution in [3.05, 3.63) is 59.1 Å². The molecule has 2 aromatic heterocycles. The number of carbonyl (C=O) groups is 1. The number of hydrogen-bond donors (Lipinski definition) is 2. The molecule has 0 radical (unpaired) electrons. The van der Waals surface area contributed by atoms with Crippen LogP contribution in [0.5, 0.6) is 5.75 Å². The molecule has 1 aliphatic carbocycles. The fourth-order valence-corrected chi connectivity index (χ4v) is 4.97. The maximum Gasteiger partial charge on any atom is 0.255 e. The van der Waals surface area contributed by atoms with Crippen molar-refractivity contribution in [1.29, 1.82) is 0 Å². The summed E-state index contributed by atoms with van der Waals surface area (Å²) in [6.45, 7) is 3.60. The average molecular weight is 437 g/mol. The predicted molar refractivity (Wildman–Crippen MR) is 122 cm³/mol. The number of hydrogen-bond acceptors (Lipinski definition) is 5. The van der Waals surface area contributed by atoms with E-state index in [2.05, 4.69) is 37.9 Å². The first kappa shape index (κ1) is 20.3. The molecule has 5 rings (SSSR count). The molecule has 6 nitrogen and oxygen atoms in total. The molecule has 2 fully saturated rings. The molecule has 3 aromatic rings. The van der Waals surface area contributed by atoms with Crippen molar-refractivity contribution < 1.29 is 9.53 Å². The van der Waals surface area contributed by atoms with E-state index in [1.165, 1.54) is 10.4 Å². The van der Waals surface area contributed by atoms with Gasteiger partial charge in [-0.1, -0.05) is 18.2 Å². The number of benzene rings is 1. The van der Waals surface area contributed by atoms with Crippen LogP contribution in [0.1, 0.15) is 41.6 Å². The van der Waals surface area contributed by atoms with Gasteiger partial charge in [-0.3, -0.25) is 14.8 Å². The van der Waals surface area contributed by atoms with Crippen molar-refractivity contribution in [3.8, 4) is 16.3 Å². The van der Waals surface area contributed by atoms with Gasteiger partial charge in [0, 0.05) is 30.6 Å². The largest absolute Gasteiger partial charge is 0.492 e. The third kappa shape index (κ3) is 4.99. The quantitative estimate of drug-likeness (QED) is 0.552. The van der Waals surface area contributed by atoms with Gasteiger partial charge < -0.3 is 10.1 Å². The Morgan fingerprint density at radius 2 is 2.13 bits per heavy atom. The molecule has 0 bridgehead atoms. The van der Waals surface area contributed by atoms with Gasteiger partial charge in [-0.2, -0.15) is 5.10 Å². The van der Waals surface area contributed by atoms with E-state index in [9.17, 15) is 4.79 Å². The number of thiophene rings is 1. The van der Waals surface area contributed by atoms with Crippen LogP contribution in [0.2, 0.25) is 0 Å². The Morgan fingerprint density at radius 3 is 2.97 bits per heavy atom. The second kappa shape index (κ2) is 9.24. The monoisotopic (exact) mass is 436 g/mol. The lowest BCUT2D eigenvalue weighted by Gasteiger charge is -2.32. The molecule has 162 valence electrons. The maximum absolute atomic E-state index is 12.5. The first-order valence-electron chi connectivity index (χ1n) is 11.1. The highest BCUT2D eigenvalue weighted by atomic mass is 32.1. The molecule has 0 spiro atoms. The summed E-state index contributed by atoms with van der Waals surface area (Å²) in [6, 6.07) is 12.1. The first-order valence-corrected chi connectivity index (χ1v) is 12.0. The Labute approximate surface area is 186 Å². The number of piperidine rings is 1. The molecule has 1 saturated carbocycles. The zero-order chi connectivity index (χ0) is 21.0. The van der Waals surface area contributed by atoms with Crippen LogP contribution in [0.3, 0.4) is 0 Å². The zero-order valence-corrected chi connectivity index (χ0v) is 18.4. The zero-order valence-electron chi connectivity index (χ0n) is 17.5. The third-order valence-electron chi connectivity index (χ3n) is 6.00. The Hall–Kier alpha value is -2.64. The number of aromatic amines is 1. The summed E-state index contributed by atoms with van der Waals surface area (Å²) in [7, 11) is 0. The highest BCUT2D eigenvalue weighted by molar-refractivity contribution is 7.13. The molecule has 1 aliphatic heterocycles. The van der Waals surface area contributed by atoms with Crippen LogP contribution in [-0.2, 0) is 6.54 Å². The minimum absolute atomic E-state index is 0.0237. The normalized spacial score (nSPS) is 19.3. The highest BCUT2D eigenvalue weighted by Crippen LogP contribution is 2.28. The summed E-state index contributed by atoms with van der Waals surface area (Å²) in [5.74, 6) is 1.11. The maximum atomic E-state index is 12.5. The van der Waals surface area contributed by atoms with E-state index in [1.807, 2.05) is 30.5 Å². The molecule has 2 N–H and O–H groups in total. The average Bonchev–Trinajstić information content (AvgIpc) is 3.24. The fourth-order valence-electron chi connectivity index (χ4n) is 4.22. The molecule has 3 heterocycles. The van der Waals surface area contributed by atoms with Gasteiger partial charge in [0.25, 0.3) is 5.91 Å². The molecule has 1 amide bonds. The van der Waals surface area contributed by atoms with Crippen LogP contribution >= 0.6 is 11.3 Å². The van der Waals surface area contributed by atoms with Crippen molar-refractivity contribution in [3.63, 3.8) is 0 Å². The van der Waals surface area contributed by atoms with Gasteiger partial charge in [0.05, 0.1) is 28.9 Å². The van der Waals surface area contributed by atoms with Crippen molar-refractivity contribution in [1.82, 2.24) is 20.4 Å². The lowest BCUT2D eigenvalue weighted by atomic mass is 9.98. The van der Waals surface area contributed by atoms with E-state index >= 15 is 0 Å². The Kier molecular flexibility index (Phi) is 6.04. The second-order valence-corrected chi connectivity index (χ2v) is 9.49. The fraction of sp³-hybridized carbons (Fsp3) is 0.417. The number of aromatic nitrogens is 2. The first-order chi connectivity index (χ1) is 15.3. The topological polar surface area (TPSA) is 70.2 Å². The number of para-hydroxylation sites is 1. The number of carbonyl (C=O) groups excluding carboxylic acids is 1. The van der Waals surface area contributed by atoms with Gasteiger partial charge in [0.2, 0.25) is 0 Å². The van der Waals surface area contributed by atoms with Crippen LogP contribution in [0.25, 0.3) is 10.6 Å². The molecular weight excluding hydrogens is 408 g/mol. The van der Waals surface area contributed by atoms with Gasteiger partial charge in [-0.15, -0.1) is 11.3 Å². The molecule has 2 aliphatic rings. The number of H-pyrrole nitrogens is 1. The van der Waals surface area contributed by atoms with Crippen LogP contribution in [-0.4, -0.2) is 46.7 Å². The molecule has 1 saturated heterocycles. The van der Waals surface area contributed by atoms with E-state index < -0.39 is 0 Å². The summed E-state index contributed by atoms with van der Waals surface area (Å²) in [6.07, 6.45) is 6.42. The third-order valence-corrected chi connectivity index (χ3v) is 6.89. The standard InChI is InChI=1S/C24H28N4O2S/c29-24(26-19-9-10-19)20-6-1-2-7-21(20)30-16-17-5-3-11-28(14-17)15-18-13-25-27-23(18)22-8-4-12-31-22/h1-2,4,6-8,12-13,17,19H,3,5,9-11,14-16H2,(H,25,27)(H,26,29). The number of rotatable bonds is 8. The Balaban J connectivity index is 1.19. The number of amides is 1. The van der Waals surface area contributed by atoms with Crippen LogP contribution in [0.15, 0.2) is 48.0 Å². The van der Waals surface area contributed by atoms with Crippen molar-refractivity contribution >= 4 is 17.2 Å². The van der Waals surface area contributed by atoms with E-state index in [-0.39, 0.29) is 5.91 Å². The predicted octanol–water partition coefficient (Wildman–Crippen LogP) is 4.32. The van der Waals surface area contributed by atoms with Crippen LogP contribution in [0, 0.1) is 5.92 Å². The summed E-state index contributed by atoms with van der Waals surface area (Å²) in [5, 5.41) is 12.6. The Morgan fingerprint density at radius 1 is 1.23 bits per heavy atom. The van der Waals surface area contributed by atoms with Gasteiger partial charge in [-0.25, -0.2) is 0 Å². The number of ether oxygens (including phenoxy) is 1. The van der Waals surface area contributed by atoms with E-state index in [0.29, 0.717) is 29.9 Å². The highest BCUT2D eigenvalue weighted by Gasteiger charge is 2.26. The number of nitrogens with zero attached hydrogens (tertiary/aromatic N) is 2. The van der Waals surface area contributed by atoms with E-state index in [4.69, 9.17) is 4.74 Å². The van der Waals surface area contributed by atoms with Crippen molar-refractivity contribution in [2.75, 3.05) is 19.7 Å². The molecule has 31 heavy (non-hydrogen) atoms. The second-order valence-electron chi connectivity index (χ2n) is 8.55. The van der Waals surface area contributed by atoms with Gasteiger partial charge in [0.1, 0.15) is 5.75 Å². The molecule has 7 heteroatoms. The Bertz CT molecular complexity index is 1010. The minimum atomic E-state index is -0.0237. The lowest BCUT2D eigenvalue weighted by Crippen LogP contribution is -2.37. The SMILES string of the molecule is O=C(NC1CC1)c1ccccc1OCC1CCCN(Cc2cn[nH]c2-c2cccs2)C1. The smallest absolute Gasteiger partial charge is 0.255 e. The number of likely N-dealkylation sites (tertiary alicyclic amines) is 1. The molecule has 1 atom stereocenters.